The molecule has 8 heteroatoms. The lowest BCUT2D eigenvalue weighted by Crippen LogP contribution is -2.39. The molecule has 0 spiro atoms. The summed E-state index contributed by atoms with van der Waals surface area (Å²) in [5.41, 5.74) is 0.175. The van der Waals surface area contributed by atoms with Crippen molar-refractivity contribution in [3.63, 3.8) is 0 Å². The minimum atomic E-state index is -0.477. The molecule has 3 rings (SSSR count). The predicted octanol–water partition coefficient (Wildman–Crippen LogP) is 4.00. The molecule has 0 bridgehead atoms. The molecule has 1 aromatic carbocycles. The van der Waals surface area contributed by atoms with Crippen molar-refractivity contribution in [1.29, 1.82) is 0 Å². The number of aromatic nitrogens is 1. The van der Waals surface area contributed by atoms with Crippen LogP contribution in [0.5, 0.6) is 0 Å². The lowest BCUT2D eigenvalue weighted by molar-refractivity contribution is 0.553. The fourth-order valence-electron chi connectivity index (χ4n) is 2.81. The number of thiazole rings is 1. The molecular formula is C18H23F2IN4S. The third-order valence-corrected chi connectivity index (χ3v) is 5.06. The van der Waals surface area contributed by atoms with Gasteiger partial charge in [-0.2, -0.15) is 0 Å². The summed E-state index contributed by atoms with van der Waals surface area (Å²) in [6.07, 6.45) is 3.35. The SMILES string of the molecule is CCNC(=NCCc1ncc(C)s1)NC1CC1c1c(F)cccc1F.I. The fraction of sp³-hybridized carbons (Fsp3) is 0.444. The first-order valence-electron chi connectivity index (χ1n) is 8.48. The molecule has 0 amide bonds. The Bertz CT molecular complexity index is 745. The van der Waals surface area contributed by atoms with Gasteiger partial charge in [0.2, 0.25) is 0 Å². The molecule has 1 aliphatic rings. The van der Waals surface area contributed by atoms with Gasteiger partial charge in [-0.05, 0) is 32.4 Å². The number of aliphatic imine (C=N–C) groups is 1. The van der Waals surface area contributed by atoms with Crippen LogP contribution in [0.2, 0.25) is 0 Å². The van der Waals surface area contributed by atoms with Gasteiger partial charge >= 0.3 is 0 Å². The summed E-state index contributed by atoms with van der Waals surface area (Å²) in [7, 11) is 0. The van der Waals surface area contributed by atoms with Crippen molar-refractivity contribution in [2.75, 3.05) is 13.1 Å². The van der Waals surface area contributed by atoms with Crippen LogP contribution >= 0.6 is 35.3 Å². The number of aryl methyl sites for hydroxylation is 1. The number of hydrogen-bond donors (Lipinski definition) is 2. The number of nitrogens with one attached hydrogen (secondary N) is 2. The smallest absolute Gasteiger partial charge is 0.191 e. The van der Waals surface area contributed by atoms with E-state index in [1.807, 2.05) is 20.0 Å². The summed E-state index contributed by atoms with van der Waals surface area (Å²) in [4.78, 5) is 10.1. The average molecular weight is 492 g/mol. The summed E-state index contributed by atoms with van der Waals surface area (Å²) in [6, 6.07) is 4.02. The summed E-state index contributed by atoms with van der Waals surface area (Å²) in [6.45, 7) is 5.37. The second kappa shape index (κ2) is 9.59. The molecule has 1 aliphatic carbocycles. The Morgan fingerprint density at radius 2 is 2.08 bits per heavy atom. The van der Waals surface area contributed by atoms with Crippen LogP contribution in [0.15, 0.2) is 29.4 Å². The third-order valence-electron chi connectivity index (χ3n) is 4.09. The van der Waals surface area contributed by atoms with Gasteiger partial charge in [0, 0.05) is 48.1 Å². The van der Waals surface area contributed by atoms with Crippen molar-refractivity contribution in [2.24, 2.45) is 4.99 Å². The number of guanidine groups is 1. The molecule has 1 aromatic heterocycles. The summed E-state index contributed by atoms with van der Waals surface area (Å²) >= 11 is 1.68. The van der Waals surface area contributed by atoms with Gasteiger partial charge in [-0.3, -0.25) is 4.99 Å². The van der Waals surface area contributed by atoms with E-state index >= 15 is 0 Å². The second-order valence-electron chi connectivity index (χ2n) is 6.10. The lowest BCUT2D eigenvalue weighted by Gasteiger charge is -2.11. The van der Waals surface area contributed by atoms with Crippen molar-refractivity contribution >= 4 is 41.3 Å². The Labute approximate surface area is 173 Å². The quantitative estimate of drug-likeness (QED) is 0.364. The van der Waals surface area contributed by atoms with Gasteiger partial charge in [-0.1, -0.05) is 6.07 Å². The highest BCUT2D eigenvalue weighted by Crippen LogP contribution is 2.43. The van der Waals surface area contributed by atoms with Crippen LogP contribution in [0.1, 0.15) is 34.7 Å². The molecule has 2 N–H and O–H groups in total. The Morgan fingerprint density at radius 3 is 2.69 bits per heavy atom. The van der Waals surface area contributed by atoms with Crippen LogP contribution in [-0.2, 0) is 6.42 Å². The van der Waals surface area contributed by atoms with E-state index in [4.69, 9.17) is 0 Å². The highest BCUT2D eigenvalue weighted by Gasteiger charge is 2.42. The molecule has 1 fully saturated rings. The van der Waals surface area contributed by atoms with Gasteiger partial charge in [-0.15, -0.1) is 35.3 Å². The highest BCUT2D eigenvalue weighted by molar-refractivity contribution is 14.0. The molecule has 0 aliphatic heterocycles. The minimum Gasteiger partial charge on any atom is -0.357 e. The van der Waals surface area contributed by atoms with Crippen LogP contribution < -0.4 is 10.6 Å². The van der Waals surface area contributed by atoms with Crippen LogP contribution in [0.3, 0.4) is 0 Å². The monoisotopic (exact) mass is 492 g/mol. The van der Waals surface area contributed by atoms with E-state index in [0.29, 0.717) is 18.9 Å². The van der Waals surface area contributed by atoms with E-state index in [1.54, 1.807) is 11.3 Å². The van der Waals surface area contributed by atoms with Crippen LogP contribution in [-0.4, -0.2) is 30.1 Å². The highest BCUT2D eigenvalue weighted by atomic mass is 127. The van der Waals surface area contributed by atoms with Crippen molar-refractivity contribution in [3.8, 4) is 0 Å². The summed E-state index contributed by atoms with van der Waals surface area (Å²) in [5.74, 6) is -0.419. The van der Waals surface area contributed by atoms with E-state index in [1.165, 1.54) is 23.1 Å². The molecular weight excluding hydrogens is 469 g/mol. The molecule has 0 radical (unpaired) electrons. The van der Waals surface area contributed by atoms with Crippen molar-refractivity contribution in [3.05, 3.63) is 51.5 Å². The van der Waals surface area contributed by atoms with Gasteiger partial charge in [0.05, 0.1) is 5.01 Å². The van der Waals surface area contributed by atoms with Crippen molar-refractivity contribution in [2.45, 2.75) is 38.6 Å². The zero-order valence-electron chi connectivity index (χ0n) is 14.8. The number of rotatable bonds is 6. The normalized spacial score (nSPS) is 19.0. The largest absolute Gasteiger partial charge is 0.357 e. The van der Waals surface area contributed by atoms with E-state index in [0.717, 1.165) is 18.0 Å². The standard InChI is InChI=1S/C18H22F2N4S.HI/c1-3-21-18(22-8-7-16-23-10-11(2)25-16)24-15-9-12(15)17-13(19)5-4-6-14(17)20;/h4-6,10,12,15H,3,7-9H2,1-2H3,(H2,21,22,24);1H. The Kier molecular flexibility index (Phi) is 7.75. The predicted molar refractivity (Wildman–Crippen MR) is 113 cm³/mol. The molecule has 4 nitrogen and oxygen atoms in total. The van der Waals surface area contributed by atoms with E-state index < -0.39 is 11.6 Å². The van der Waals surface area contributed by atoms with E-state index in [-0.39, 0.29) is 41.5 Å². The van der Waals surface area contributed by atoms with Crippen molar-refractivity contribution < 1.29 is 8.78 Å². The van der Waals surface area contributed by atoms with Gasteiger partial charge < -0.3 is 10.6 Å². The molecule has 1 heterocycles. The molecule has 2 aromatic rings. The van der Waals surface area contributed by atoms with Gasteiger partial charge in [0.1, 0.15) is 11.6 Å². The number of hydrogen-bond acceptors (Lipinski definition) is 3. The number of nitrogens with zero attached hydrogens (tertiary/aromatic N) is 2. The molecule has 142 valence electrons. The van der Waals surface area contributed by atoms with Crippen molar-refractivity contribution in [1.82, 2.24) is 15.6 Å². The first kappa shape index (κ1) is 21.0. The second-order valence-corrected chi connectivity index (χ2v) is 7.42. The van der Waals surface area contributed by atoms with Gasteiger partial charge in [0.25, 0.3) is 0 Å². The van der Waals surface area contributed by atoms with Gasteiger partial charge in [0.15, 0.2) is 5.96 Å². The lowest BCUT2D eigenvalue weighted by atomic mass is 10.1. The van der Waals surface area contributed by atoms with Crippen LogP contribution in [0.25, 0.3) is 0 Å². The Balaban J connectivity index is 0.00000243. The zero-order chi connectivity index (χ0) is 17.8. The topological polar surface area (TPSA) is 49.3 Å². The first-order chi connectivity index (χ1) is 12.1. The Morgan fingerprint density at radius 1 is 1.35 bits per heavy atom. The first-order valence-corrected chi connectivity index (χ1v) is 9.30. The summed E-state index contributed by atoms with van der Waals surface area (Å²) in [5, 5.41) is 7.52. The maximum absolute atomic E-state index is 13.9. The zero-order valence-corrected chi connectivity index (χ0v) is 17.9. The average Bonchev–Trinajstić information content (AvgIpc) is 3.18. The molecule has 26 heavy (non-hydrogen) atoms. The molecule has 2 atom stereocenters. The van der Waals surface area contributed by atoms with E-state index in [9.17, 15) is 8.78 Å². The van der Waals surface area contributed by atoms with Gasteiger partial charge in [-0.25, -0.2) is 13.8 Å². The Hall–Kier alpha value is -1.29. The fourth-order valence-corrected chi connectivity index (χ4v) is 3.59. The van der Waals surface area contributed by atoms with Crippen LogP contribution in [0.4, 0.5) is 8.78 Å². The number of halogens is 3. The van der Waals surface area contributed by atoms with Crippen LogP contribution in [0, 0.1) is 18.6 Å². The molecule has 1 saturated carbocycles. The maximum atomic E-state index is 13.9. The molecule has 2 unspecified atom stereocenters. The van der Waals surface area contributed by atoms with E-state index in [2.05, 4.69) is 20.6 Å². The molecule has 0 saturated heterocycles. The number of benzene rings is 1. The maximum Gasteiger partial charge on any atom is 0.191 e. The minimum absolute atomic E-state index is 0. The summed E-state index contributed by atoms with van der Waals surface area (Å²) < 4.78 is 27.7. The third kappa shape index (κ3) is 5.35.